The molecule has 0 aliphatic carbocycles. The molecule has 0 aliphatic rings. The summed E-state index contributed by atoms with van der Waals surface area (Å²) in [6.07, 6.45) is 3.13. The van der Waals surface area contributed by atoms with Crippen molar-refractivity contribution in [2.24, 2.45) is 0 Å². The Hall–Kier alpha value is -1.14. The maximum atomic E-state index is 11.5. The lowest BCUT2D eigenvalue weighted by molar-refractivity contribution is 0.601. The molecular weight excluding hydrogens is 250 g/mol. The van der Waals surface area contributed by atoms with E-state index in [1.54, 1.807) is 18.5 Å². The lowest BCUT2D eigenvalue weighted by Crippen LogP contribution is -2.02. The maximum Gasteiger partial charge on any atom is 0.279 e. The molecule has 2 aromatic heterocycles. The van der Waals surface area contributed by atoms with Crippen LogP contribution >= 0.6 is 10.7 Å². The molecule has 86 valence electrons. The van der Waals surface area contributed by atoms with Gasteiger partial charge in [0.25, 0.3) is 9.05 Å². The molecule has 5 nitrogen and oxygen atoms in total. The van der Waals surface area contributed by atoms with E-state index in [4.69, 9.17) is 10.7 Å². The molecule has 2 heterocycles. The van der Waals surface area contributed by atoms with E-state index < -0.39 is 9.05 Å². The molecule has 0 atom stereocenters. The smallest absolute Gasteiger partial charge is 0.273 e. The minimum absolute atomic E-state index is 0.00673. The van der Waals surface area contributed by atoms with Crippen LogP contribution in [0.3, 0.4) is 0 Å². The van der Waals surface area contributed by atoms with Crippen LogP contribution in [0.4, 0.5) is 0 Å². The largest absolute Gasteiger partial charge is 0.279 e. The first-order valence-electron chi connectivity index (χ1n) is 4.69. The van der Waals surface area contributed by atoms with Crippen molar-refractivity contribution in [3.8, 4) is 0 Å². The third-order valence-corrected chi connectivity index (χ3v) is 3.47. The second-order valence-corrected chi connectivity index (χ2v) is 6.17. The molecule has 0 unspecified atom stereocenters. The summed E-state index contributed by atoms with van der Waals surface area (Å²) in [6, 6.07) is 1.63. The van der Waals surface area contributed by atoms with Crippen LogP contribution in [0.15, 0.2) is 23.5 Å². The van der Waals surface area contributed by atoms with Crippen molar-refractivity contribution in [2.75, 3.05) is 0 Å². The summed E-state index contributed by atoms with van der Waals surface area (Å²) in [5, 5.41) is 0.00673. The van der Waals surface area contributed by atoms with Gasteiger partial charge < -0.3 is 0 Å². The van der Waals surface area contributed by atoms with Gasteiger partial charge in [-0.3, -0.25) is 4.40 Å². The molecule has 7 heteroatoms. The first-order valence-corrected chi connectivity index (χ1v) is 7.00. The average Bonchev–Trinajstić information content (AvgIpc) is 2.55. The van der Waals surface area contributed by atoms with E-state index in [-0.39, 0.29) is 10.9 Å². The first-order chi connectivity index (χ1) is 7.41. The highest BCUT2D eigenvalue weighted by molar-refractivity contribution is 8.13. The molecule has 0 fully saturated rings. The minimum Gasteiger partial charge on any atom is -0.273 e. The Bertz CT molecular complexity index is 633. The molecule has 16 heavy (non-hydrogen) atoms. The predicted molar refractivity (Wildman–Crippen MR) is 60.1 cm³/mol. The molecule has 0 saturated carbocycles. The minimum atomic E-state index is -3.83. The van der Waals surface area contributed by atoms with Gasteiger partial charge in [0.2, 0.25) is 5.78 Å². The van der Waals surface area contributed by atoms with Crippen LogP contribution in [0, 0.1) is 0 Å². The molecule has 0 spiro atoms. The number of imidazole rings is 1. The molecule has 0 bridgehead atoms. The van der Waals surface area contributed by atoms with Crippen molar-refractivity contribution in [1.82, 2.24) is 14.4 Å². The summed E-state index contributed by atoms with van der Waals surface area (Å²) in [4.78, 5) is 8.15. The number of aromatic nitrogens is 3. The van der Waals surface area contributed by atoms with Crippen LogP contribution in [0.1, 0.15) is 25.5 Å². The van der Waals surface area contributed by atoms with Crippen molar-refractivity contribution in [3.63, 3.8) is 0 Å². The zero-order chi connectivity index (χ0) is 11.9. The zero-order valence-electron chi connectivity index (χ0n) is 8.75. The molecule has 0 N–H and O–H groups in total. The van der Waals surface area contributed by atoms with Gasteiger partial charge in [0.1, 0.15) is 0 Å². The van der Waals surface area contributed by atoms with E-state index in [9.17, 15) is 8.42 Å². The normalized spacial score (nSPS) is 12.5. The van der Waals surface area contributed by atoms with Crippen molar-refractivity contribution in [1.29, 1.82) is 0 Å². The maximum absolute atomic E-state index is 11.5. The molecule has 0 saturated heterocycles. The van der Waals surface area contributed by atoms with Gasteiger partial charge in [-0.15, -0.1) is 0 Å². The summed E-state index contributed by atoms with van der Waals surface area (Å²) in [7, 11) is 1.58. The molecular formula is C9H10ClN3O2S. The summed E-state index contributed by atoms with van der Waals surface area (Å²) in [5.74, 6) is 0.302. The van der Waals surface area contributed by atoms with Gasteiger partial charge in [0.15, 0.2) is 5.03 Å². The van der Waals surface area contributed by atoms with Gasteiger partial charge in [-0.25, -0.2) is 18.4 Å². The van der Waals surface area contributed by atoms with Gasteiger partial charge in [-0.05, 0) is 12.0 Å². The standard InChI is InChI=1S/C9H10ClN3O2S/c1-6(2)7-8(16(10,14)15)13-5-3-4-11-9(13)12-7/h3-6H,1-2H3. The highest BCUT2D eigenvalue weighted by Gasteiger charge is 2.25. The van der Waals surface area contributed by atoms with Crippen molar-refractivity contribution >= 4 is 25.5 Å². The number of fused-ring (bicyclic) bond motifs is 1. The molecule has 2 rings (SSSR count). The Balaban J connectivity index is 2.91. The Labute approximate surface area is 97.5 Å². The SMILES string of the molecule is CC(C)c1nc2ncccn2c1S(=O)(=O)Cl. The highest BCUT2D eigenvalue weighted by Crippen LogP contribution is 2.26. The lowest BCUT2D eigenvalue weighted by Gasteiger charge is -2.02. The van der Waals surface area contributed by atoms with Crippen LogP contribution in [0.25, 0.3) is 5.78 Å². The number of halogens is 1. The Kier molecular flexibility index (Phi) is 2.63. The molecule has 0 aromatic carbocycles. The fraction of sp³-hybridized carbons (Fsp3) is 0.333. The average molecular weight is 260 g/mol. The van der Waals surface area contributed by atoms with Crippen LogP contribution in [0.2, 0.25) is 0 Å². The second-order valence-electron chi connectivity index (χ2n) is 3.68. The number of nitrogens with zero attached hydrogens (tertiary/aromatic N) is 3. The van der Waals surface area contributed by atoms with Gasteiger partial charge in [-0.1, -0.05) is 13.8 Å². The predicted octanol–water partition coefficient (Wildman–Crippen LogP) is 1.78. The summed E-state index contributed by atoms with van der Waals surface area (Å²) < 4.78 is 24.4. The van der Waals surface area contributed by atoms with Crippen molar-refractivity contribution < 1.29 is 8.42 Å². The van der Waals surface area contributed by atoms with E-state index in [1.165, 1.54) is 4.40 Å². The molecule has 0 radical (unpaired) electrons. The molecule has 0 amide bonds. The van der Waals surface area contributed by atoms with E-state index in [1.807, 2.05) is 13.8 Å². The van der Waals surface area contributed by atoms with Gasteiger partial charge in [-0.2, -0.15) is 0 Å². The number of hydrogen-bond acceptors (Lipinski definition) is 4. The van der Waals surface area contributed by atoms with E-state index in [0.29, 0.717) is 11.5 Å². The fourth-order valence-electron chi connectivity index (χ4n) is 1.50. The summed E-state index contributed by atoms with van der Waals surface area (Å²) in [6.45, 7) is 3.71. The molecule has 0 aliphatic heterocycles. The van der Waals surface area contributed by atoms with Crippen LogP contribution in [-0.2, 0) is 9.05 Å². The Morgan fingerprint density at radius 2 is 2.12 bits per heavy atom. The van der Waals surface area contributed by atoms with Gasteiger partial charge in [0.05, 0.1) is 5.69 Å². The topological polar surface area (TPSA) is 64.3 Å². The summed E-state index contributed by atoms with van der Waals surface area (Å²) >= 11 is 0. The Morgan fingerprint density at radius 3 is 2.69 bits per heavy atom. The van der Waals surface area contributed by atoms with Gasteiger partial charge >= 0.3 is 0 Å². The third-order valence-electron chi connectivity index (χ3n) is 2.16. The van der Waals surface area contributed by atoms with E-state index in [0.717, 1.165) is 0 Å². The third kappa shape index (κ3) is 1.78. The van der Waals surface area contributed by atoms with Crippen LogP contribution in [0.5, 0.6) is 0 Å². The number of rotatable bonds is 2. The number of hydrogen-bond donors (Lipinski definition) is 0. The van der Waals surface area contributed by atoms with Crippen molar-refractivity contribution in [3.05, 3.63) is 24.2 Å². The van der Waals surface area contributed by atoms with E-state index >= 15 is 0 Å². The quantitative estimate of drug-likeness (QED) is 0.771. The second kappa shape index (κ2) is 3.71. The van der Waals surface area contributed by atoms with Crippen molar-refractivity contribution in [2.45, 2.75) is 24.8 Å². The van der Waals surface area contributed by atoms with E-state index in [2.05, 4.69) is 9.97 Å². The highest BCUT2D eigenvalue weighted by atomic mass is 35.7. The fourth-order valence-corrected chi connectivity index (χ4v) is 2.87. The first kappa shape index (κ1) is 11.3. The monoisotopic (exact) mass is 259 g/mol. The van der Waals surface area contributed by atoms with Crippen LogP contribution in [-0.4, -0.2) is 22.8 Å². The Morgan fingerprint density at radius 1 is 1.44 bits per heavy atom. The lowest BCUT2D eigenvalue weighted by atomic mass is 10.2. The zero-order valence-corrected chi connectivity index (χ0v) is 10.3. The van der Waals surface area contributed by atoms with Crippen LogP contribution < -0.4 is 0 Å². The van der Waals surface area contributed by atoms with Gasteiger partial charge in [0, 0.05) is 23.1 Å². The summed E-state index contributed by atoms with van der Waals surface area (Å²) in [5.41, 5.74) is 0.439. The molecule has 2 aromatic rings.